The van der Waals surface area contributed by atoms with Crippen LogP contribution in [0.1, 0.15) is 12.8 Å². The van der Waals surface area contributed by atoms with Gasteiger partial charge in [0.25, 0.3) is 9.84 Å². The van der Waals surface area contributed by atoms with Crippen molar-refractivity contribution in [2.24, 2.45) is 5.92 Å². The molecule has 1 aliphatic heterocycles. The average Bonchev–Trinajstić information content (AvgIpc) is 2.69. The third-order valence-corrected chi connectivity index (χ3v) is 6.35. The number of halogens is 5. The van der Waals surface area contributed by atoms with Gasteiger partial charge in [-0.25, -0.2) is 17.2 Å². The molecule has 1 fully saturated rings. The number of hydrogen-bond acceptors (Lipinski definition) is 4. The van der Waals surface area contributed by atoms with Gasteiger partial charge in [0.15, 0.2) is 0 Å². The number of nitrogens with one attached hydrogen (secondary N) is 1. The fraction of sp³-hybridized carbons (Fsp3) is 0.316. The van der Waals surface area contributed by atoms with Gasteiger partial charge in [0.2, 0.25) is 5.91 Å². The van der Waals surface area contributed by atoms with Gasteiger partial charge in [-0.15, -0.1) is 0 Å². The van der Waals surface area contributed by atoms with E-state index in [1.165, 1.54) is 29.2 Å². The zero-order valence-electron chi connectivity index (χ0n) is 15.4. The van der Waals surface area contributed by atoms with Crippen molar-refractivity contribution in [1.82, 2.24) is 0 Å². The van der Waals surface area contributed by atoms with E-state index in [9.17, 15) is 35.2 Å². The summed E-state index contributed by atoms with van der Waals surface area (Å²) in [6.07, 6.45) is 0.492. The summed E-state index contributed by atoms with van der Waals surface area (Å²) in [4.78, 5) is 12.6. The standard InChI is InChI=1S/C19H17F5N2O3S/c20-13-1-4-15(5-2-13)25-18(27)12-7-9-26(10-8-12)16-6-3-14(21)11-17(16)30(28,29)19(22,23)24/h1-6,11-12H,7-10H2,(H,25,27). The lowest BCUT2D eigenvalue weighted by molar-refractivity contribution is -0.120. The van der Waals surface area contributed by atoms with Gasteiger partial charge in [0.1, 0.15) is 16.5 Å². The maximum Gasteiger partial charge on any atom is 0.501 e. The van der Waals surface area contributed by atoms with E-state index in [4.69, 9.17) is 0 Å². The first-order chi connectivity index (χ1) is 14.0. The number of alkyl halides is 3. The second kappa shape index (κ2) is 8.21. The summed E-state index contributed by atoms with van der Waals surface area (Å²) in [5.41, 5.74) is -5.42. The Bertz CT molecular complexity index is 1030. The first kappa shape index (κ1) is 22.0. The molecule has 0 radical (unpaired) electrons. The normalized spacial score (nSPS) is 15.8. The number of anilines is 2. The van der Waals surface area contributed by atoms with E-state index in [0.717, 1.165) is 12.1 Å². The van der Waals surface area contributed by atoms with Gasteiger partial charge in [-0.05, 0) is 55.3 Å². The minimum atomic E-state index is -5.74. The average molecular weight is 448 g/mol. The minimum Gasteiger partial charge on any atom is -0.370 e. The van der Waals surface area contributed by atoms with Crippen molar-refractivity contribution in [3.05, 3.63) is 54.1 Å². The van der Waals surface area contributed by atoms with Crippen LogP contribution in [-0.2, 0) is 14.6 Å². The largest absolute Gasteiger partial charge is 0.501 e. The van der Waals surface area contributed by atoms with Crippen LogP contribution in [0.25, 0.3) is 0 Å². The van der Waals surface area contributed by atoms with Crippen molar-refractivity contribution in [3.63, 3.8) is 0 Å². The molecule has 0 aromatic heterocycles. The molecule has 30 heavy (non-hydrogen) atoms. The smallest absolute Gasteiger partial charge is 0.370 e. The number of rotatable bonds is 4. The topological polar surface area (TPSA) is 66.5 Å². The Morgan fingerprint density at radius 1 is 0.967 bits per heavy atom. The fourth-order valence-electron chi connectivity index (χ4n) is 3.25. The van der Waals surface area contributed by atoms with Crippen molar-refractivity contribution in [2.75, 3.05) is 23.3 Å². The molecule has 2 aromatic carbocycles. The van der Waals surface area contributed by atoms with Crippen LogP contribution in [0, 0.1) is 17.6 Å². The Morgan fingerprint density at radius 2 is 1.53 bits per heavy atom. The molecule has 0 atom stereocenters. The zero-order chi connectivity index (χ0) is 22.1. The lowest BCUT2D eigenvalue weighted by Crippen LogP contribution is -2.39. The molecule has 162 valence electrons. The van der Waals surface area contributed by atoms with Crippen molar-refractivity contribution in [2.45, 2.75) is 23.2 Å². The second-order valence-electron chi connectivity index (χ2n) is 6.82. The maximum absolute atomic E-state index is 13.5. The molecule has 0 spiro atoms. The van der Waals surface area contributed by atoms with E-state index < -0.39 is 37.8 Å². The number of carbonyl (C=O) groups excluding carboxylic acids is 1. The molecule has 1 heterocycles. The molecule has 1 saturated heterocycles. The molecule has 5 nitrogen and oxygen atoms in total. The number of carbonyl (C=O) groups is 1. The van der Waals surface area contributed by atoms with Crippen LogP contribution >= 0.6 is 0 Å². The molecule has 11 heteroatoms. The minimum absolute atomic E-state index is 0.105. The predicted octanol–water partition coefficient (Wildman–Crippen LogP) is 4.11. The Balaban J connectivity index is 1.74. The van der Waals surface area contributed by atoms with E-state index in [0.29, 0.717) is 11.8 Å². The Morgan fingerprint density at radius 3 is 2.10 bits per heavy atom. The van der Waals surface area contributed by atoms with E-state index in [-0.39, 0.29) is 37.5 Å². The predicted molar refractivity (Wildman–Crippen MR) is 99.6 cm³/mol. The van der Waals surface area contributed by atoms with E-state index in [1.807, 2.05) is 0 Å². The summed E-state index contributed by atoms with van der Waals surface area (Å²) in [5.74, 6) is -2.35. The Labute approximate surface area is 169 Å². The highest BCUT2D eigenvalue weighted by Gasteiger charge is 2.48. The number of sulfone groups is 1. The van der Waals surface area contributed by atoms with Crippen LogP contribution in [0.2, 0.25) is 0 Å². The van der Waals surface area contributed by atoms with Gasteiger partial charge in [-0.1, -0.05) is 0 Å². The molecule has 0 unspecified atom stereocenters. The molecule has 0 saturated carbocycles. The lowest BCUT2D eigenvalue weighted by atomic mass is 9.95. The summed E-state index contributed by atoms with van der Waals surface area (Å²) in [5, 5.41) is 2.64. The molecular weight excluding hydrogens is 431 g/mol. The van der Waals surface area contributed by atoms with Crippen LogP contribution in [-0.4, -0.2) is 32.9 Å². The molecule has 2 aromatic rings. The zero-order valence-corrected chi connectivity index (χ0v) is 16.2. The summed E-state index contributed by atoms with van der Waals surface area (Å²) in [7, 11) is -5.74. The van der Waals surface area contributed by atoms with Gasteiger partial charge in [-0.3, -0.25) is 4.79 Å². The number of hydrogen-bond donors (Lipinski definition) is 1. The Hall–Kier alpha value is -2.69. The first-order valence-electron chi connectivity index (χ1n) is 8.91. The van der Waals surface area contributed by atoms with Crippen LogP contribution in [0.4, 0.5) is 33.3 Å². The highest BCUT2D eigenvalue weighted by molar-refractivity contribution is 7.92. The van der Waals surface area contributed by atoms with E-state index >= 15 is 0 Å². The van der Waals surface area contributed by atoms with Crippen LogP contribution in [0.15, 0.2) is 47.4 Å². The number of benzene rings is 2. The summed E-state index contributed by atoms with van der Waals surface area (Å²) >= 11 is 0. The Kier molecular flexibility index (Phi) is 6.02. The quantitative estimate of drug-likeness (QED) is 0.715. The molecule has 1 amide bonds. The van der Waals surface area contributed by atoms with Gasteiger partial charge in [0, 0.05) is 24.7 Å². The lowest BCUT2D eigenvalue weighted by Gasteiger charge is -2.34. The van der Waals surface area contributed by atoms with Crippen molar-refractivity contribution in [3.8, 4) is 0 Å². The highest BCUT2D eigenvalue weighted by atomic mass is 32.2. The van der Waals surface area contributed by atoms with E-state index in [2.05, 4.69) is 5.32 Å². The van der Waals surface area contributed by atoms with Gasteiger partial charge < -0.3 is 10.2 Å². The molecule has 0 aliphatic carbocycles. The third-order valence-electron chi connectivity index (χ3n) is 4.83. The van der Waals surface area contributed by atoms with Crippen molar-refractivity contribution >= 4 is 27.1 Å². The second-order valence-corrected chi connectivity index (χ2v) is 8.73. The molecular formula is C19H17F5N2O3S. The van der Waals surface area contributed by atoms with Crippen molar-refractivity contribution < 1.29 is 35.2 Å². The molecule has 1 N–H and O–H groups in total. The van der Waals surface area contributed by atoms with Crippen LogP contribution in [0.5, 0.6) is 0 Å². The monoisotopic (exact) mass is 448 g/mol. The number of piperidine rings is 1. The SMILES string of the molecule is O=C(Nc1ccc(F)cc1)C1CCN(c2ccc(F)cc2S(=O)(=O)C(F)(F)F)CC1. The third kappa shape index (κ3) is 4.55. The summed E-state index contributed by atoms with van der Waals surface area (Å²) in [6.45, 7) is 0.209. The summed E-state index contributed by atoms with van der Waals surface area (Å²) in [6, 6.07) is 7.41. The van der Waals surface area contributed by atoms with E-state index in [1.54, 1.807) is 0 Å². The number of amides is 1. The highest BCUT2D eigenvalue weighted by Crippen LogP contribution is 2.37. The fourth-order valence-corrected chi connectivity index (χ4v) is 4.24. The summed E-state index contributed by atoms with van der Waals surface area (Å²) < 4.78 is 89.1. The van der Waals surface area contributed by atoms with Crippen LogP contribution in [0.3, 0.4) is 0 Å². The molecule has 3 rings (SSSR count). The molecule has 0 bridgehead atoms. The van der Waals surface area contributed by atoms with Gasteiger partial charge >= 0.3 is 5.51 Å². The van der Waals surface area contributed by atoms with Gasteiger partial charge in [0.05, 0.1) is 5.69 Å². The first-order valence-corrected chi connectivity index (χ1v) is 10.4. The maximum atomic E-state index is 13.5. The number of nitrogens with zero attached hydrogens (tertiary/aromatic N) is 1. The van der Waals surface area contributed by atoms with Gasteiger partial charge in [-0.2, -0.15) is 13.2 Å². The molecule has 1 aliphatic rings. The van der Waals surface area contributed by atoms with Crippen LogP contribution < -0.4 is 10.2 Å². The van der Waals surface area contributed by atoms with Crippen molar-refractivity contribution in [1.29, 1.82) is 0 Å².